The molecule has 0 atom stereocenters. The molecule has 0 spiro atoms. The second-order valence-corrected chi connectivity index (χ2v) is 7.45. The smallest absolute Gasteiger partial charge is 0.175 e. The highest BCUT2D eigenvalue weighted by Crippen LogP contribution is 2.37. The summed E-state index contributed by atoms with van der Waals surface area (Å²) in [6, 6.07) is 16.1. The predicted molar refractivity (Wildman–Crippen MR) is 114 cm³/mol. The Hall–Kier alpha value is -2.31. The Bertz CT molecular complexity index is 896. The first-order valence-electron chi connectivity index (χ1n) is 9.21. The lowest BCUT2D eigenvalue weighted by Gasteiger charge is -2.19. The van der Waals surface area contributed by atoms with Crippen molar-refractivity contribution in [1.82, 2.24) is 10.1 Å². The molecule has 0 saturated heterocycles. The van der Waals surface area contributed by atoms with Crippen LogP contribution in [0.1, 0.15) is 17.7 Å². The molecule has 148 valence electrons. The average molecular weight is 445 g/mol. The fourth-order valence-corrected chi connectivity index (χ4v) is 3.74. The van der Waals surface area contributed by atoms with Gasteiger partial charge in [-0.3, -0.25) is 0 Å². The second-order valence-electron chi connectivity index (χ2n) is 6.66. The molecule has 3 aromatic rings. The standard InChI is InChI=1S/C22H25BrN2O3/c1-25(15-17-11-12-20(26-2)22(27-3)21(17)23)13-7-10-18-14-19(24-28-18)16-8-5-4-6-9-16/h4-6,8-9,11-12,14H,7,10,13,15H2,1-3H3. The van der Waals surface area contributed by atoms with Crippen LogP contribution in [0.15, 0.2) is 57.5 Å². The number of ether oxygens (including phenoxy) is 2. The van der Waals surface area contributed by atoms with Gasteiger partial charge in [0.15, 0.2) is 11.5 Å². The first-order valence-corrected chi connectivity index (χ1v) is 10.0. The number of aromatic nitrogens is 1. The number of hydrogen-bond donors (Lipinski definition) is 0. The zero-order chi connectivity index (χ0) is 19.9. The topological polar surface area (TPSA) is 47.7 Å². The van der Waals surface area contributed by atoms with Gasteiger partial charge in [0.1, 0.15) is 11.5 Å². The van der Waals surface area contributed by atoms with Gasteiger partial charge in [-0.15, -0.1) is 0 Å². The van der Waals surface area contributed by atoms with E-state index in [9.17, 15) is 0 Å². The fourth-order valence-electron chi connectivity index (χ4n) is 3.12. The van der Waals surface area contributed by atoms with Crippen molar-refractivity contribution in [2.75, 3.05) is 27.8 Å². The van der Waals surface area contributed by atoms with Crippen molar-refractivity contribution in [1.29, 1.82) is 0 Å². The highest BCUT2D eigenvalue weighted by atomic mass is 79.9. The van der Waals surface area contributed by atoms with E-state index in [1.54, 1.807) is 14.2 Å². The summed E-state index contributed by atoms with van der Waals surface area (Å²) < 4.78 is 17.2. The van der Waals surface area contributed by atoms with Crippen molar-refractivity contribution in [3.8, 4) is 22.8 Å². The summed E-state index contributed by atoms with van der Waals surface area (Å²) in [5, 5.41) is 4.18. The lowest BCUT2D eigenvalue weighted by Crippen LogP contribution is -2.20. The third-order valence-corrected chi connectivity index (χ3v) is 5.47. The molecule has 0 aliphatic rings. The molecule has 0 bridgehead atoms. The molecular weight excluding hydrogens is 420 g/mol. The quantitative estimate of drug-likeness (QED) is 0.454. The number of hydrogen-bond acceptors (Lipinski definition) is 5. The number of benzene rings is 2. The molecule has 6 heteroatoms. The van der Waals surface area contributed by atoms with Crippen LogP contribution in [0.2, 0.25) is 0 Å². The third-order valence-electron chi connectivity index (χ3n) is 4.60. The van der Waals surface area contributed by atoms with E-state index >= 15 is 0 Å². The van der Waals surface area contributed by atoms with Crippen molar-refractivity contribution in [2.24, 2.45) is 0 Å². The monoisotopic (exact) mass is 444 g/mol. The second kappa shape index (κ2) is 9.75. The van der Waals surface area contributed by atoms with E-state index < -0.39 is 0 Å². The Morgan fingerprint density at radius 1 is 1.07 bits per heavy atom. The van der Waals surface area contributed by atoms with E-state index in [1.165, 1.54) is 0 Å². The normalized spacial score (nSPS) is 11.0. The lowest BCUT2D eigenvalue weighted by atomic mass is 10.1. The highest BCUT2D eigenvalue weighted by molar-refractivity contribution is 9.10. The van der Waals surface area contributed by atoms with Gasteiger partial charge in [-0.05, 0) is 47.6 Å². The predicted octanol–water partition coefficient (Wildman–Crippen LogP) is 5.19. The minimum absolute atomic E-state index is 0.723. The maximum absolute atomic E-state index is 5.49. The Morgan fingerprint density at radius 2 is 1.86 bits per heavy atom. The number of methoxy groups -OCH3 is 2. The minimum atomic E-state index is 0.723. The van der Waals surface area contributed by atoms with E-state index in [0.29, 0.717) is 0 Å². The molecule has 0 aliphatic carbocycles. The van der Waals surface area contributed by atoms with E-state index in [-0.39, 0.29) is 0 Å². The Kier molecular flexibility index (Phi) is 7.12. The van der Waals surface area contributed by atoms with E-state index in [0.717, 1.165) is 64.5 Å². The molecule has 1 heterocycles. The molecule has 5 nitrogen and oxygen atoms in total. The van der Waals surface area contributed by atoms with Crippen molar-refractivity contribution in [3.63, 3.8) is 0 Å². The summed E-state index contributed by atoms with van der Waals surface area (Å²) >= 11 is 3.64. The van der Waals surface area contributed by atoms with Crippen LogP contribution >= 0.6 is 15.9 Å². The molecule has 3 rings (SSSR count). The molecule has 0 amide bonds. The van der Waals surface area contributed by atoms with Crippen LogP contribution in [0.4, 0.5) is 0 Å². The summed E-state index contributed by atoms with van der Waals surface area (Å²) in [5.74, 6) is 2.36. The summed E-state index contributed by atoms with van der Waals surface area (Å²) in [5.41, 5.74) is 3.12. The molecule has 0 unspecified atom stereocenters. The van der Waals surface area contributed by atoms with Gasteiger partial charge in [0.25, 0.3) is 0 Å². The fraction of sp³-hybridized carbons (Fsp3) is 0.318. The van der Waals surface area contributed by atoms with Gasteiger partial charge in [-0.25, -0.2) is 0 Å². The van der Waals surface area contributed by atoms with Crippen molar-refractivity contribution < 1.29 is 14.0 Å². The van der Waals surface area contributed by atoms with Gasteiger partial charge in [-0.1, -0.05) is 41.6 Å². The van der Waals surface area contributed by atoms with Crippen LogP contribution in [-0.2, 0) is 13.0 Å². The summed E-state index contributed by atoms with van der Waals surface area (Å²) in [6.07, 6.45) is 1.85. The maximum Gasteiger partial charge on any atom is 0.175 e. The van der Waals surface area contributed by atoms with E-state index in [1.807, 2.05) is 42.5 Å². The minimum Gasteiger partial charge on any atom is -0.493 e. The largest absolute Gasteiger partial charge is 0.493 e. The van der Waals surface area contributed by atoms with Gasteiger partial charge >= 0.3 is 0 Å². The Labute approximate surface area is 174 Å². The van der Waals surface area contributed by atoms with Gasteiger partial charge in [-0.2, -0.15) is 0 Å². The third kappa shape index (κ3) is 4.94. The molecule has 0 N–H and O–H groups in total. The van der Waals surface area contributed by atoms with Crippen LogP contribution in [0.5, 0.6) is 11.5 Å². The molecule has 28 heavy (non-hydrogen) atoms. The summed E-state index contributed by atoms with van der Waals surface area (Å²) in [7, 11) is 5.40. The molecular formula is C22H25BrN2O3. The summed E-state index contributed by atoms with van der Waals surface area (Å²) in [4.78, 5) is 2.28. The molecule has 0 saturated carbocycles. The Morgan fingerprint density at radius 3 is 2.57 bits per heavy atom. The van der Waals surface area contributed by atoms with Gasteiger partial charge < -0.3 is 18.9 Å². The molecule has 0 radical (unpaired) electrons. The van der Waals surface area contributed by atoms with Gasteiger partial charge in [0.05, 0.1) is 18.7 Å². The van der Waals surface area contributed by atoms with E-state index in [2.05, 4.69) is 39.1 Å². The zero-order valence-electron chi connectivity index (χ0n) is 16.4. The van der Waals surface area contributed by atoms with Crippen molar-refractivity contribution in [2.45, 2.75) is 19.4 Å². The van der Waals surface area contributed by atoms with Gasteiger partial charge in [0.2, 0.25) is 0 Å². The first kappa shape index (κ1) is 20.4. The number of aryl methyl sites for hydroxylation is 1. The molecule has 0 aliphatic heterocycles. The molecule has 0 fully saturated rings. The number of halogens is 1. The molecule has 1 aromatic heterocycles. The van der Waals surface area contributed by atoms with E-state index in [4.69, 9.17) is 14.0 Å². The first-order chi connectivity index (χ1) is 13.6. The SMILES string of the molecule is COc1ccc(CN(C)CCCc2cc(-c3ccccc3)no2)c(Br)c1OC. The highest BCUT2D eigenvalue weighted by Gasteiger charge is 2.14. The van der Waals surface area contributed by atoms with Crippen LogP contribution in [0.25, 0.3) is 11.3 Å². The maximum atomic E-state index is 5.49. The van der Waals surface area contributed by atoms with Crippen LogP contribution in [-0.4, -0.2) is 37.9 Å². The van der Waals surface area contributed by atoms with Crippen LogP contribution in [0, 0.1) is 0 Å². The van der Waals surface area contributed by atoms with Gasteiger partial charge in [0, 0.05) is 24.6 Å². The van der Waals surface area contributed by atoms with Crippen molar-refractivity contribution in [3.05, 3.63) is 64.3 Å². The van der Waals surface area contributed by atoms with Crippen molar-refractivity contribution >= 4 is 15.9 Å². The molecule has 2 aromatic carbocycles. The number of nitrogens with zero attached hydrogens (tertiary/aromatic N) is 2. The van der Waals surface area contributed by atoms with Crippen LogP contribution < -0.4 is 9.47 Å². The summed E-state index contributed by atoms with van der Waals surface area (Å²) in [6.45, 7) is 1.76. The average Bonchev–Trinajstić information content (AvgIpc) is 3.19. The Balaban J connectivity index is 1.53. The van der Waals surface area contributed by atoms with Crippen LogP contribution in [0.3, 0.4) is 0 Å². The number of rotatable bonds is 9. The lowest BCUT2D eigenvalue weighted by molar-refractivity contribution is 0.309. The zero-order valence-corrected chi connectivity index (χ0v) is 18.0.